The van der Waals surface area contributed by atoms with Crippen LogP contribution in [-0.2, 0) is 0 Å². The molecule has 0 fully saturated rings. The average Bonchev–Trinajstić information content (AvgIpc) is 2.10. The second kappa shape index (κ2) is 8.38. The molecule has 1 heteroatoms. The first-order valence-electron chi connectivity index (χ1n) is 4.76. The van der Waals surface area contributed by atoms with E-state index < -0.39 is 0 Å². The highest BCUT2D eigenvalue weighted by molar-refractivity contribution is 4.86. The third-order valence-corrected chi connectivity index (χ3v) is 1.92. The Morgan fingerprint density at radius 1 is 1.25 bits per heavy atom. The van der Waals surface area contributed by atoms with Gasteiger partial charge in [-0.25, -0.2) is 0 Å². The molecular formula is C11H20O. The molecule has 0 amide bonds. The predicted molar refractivity (Wildman–Crippen MR) is 54.3 cm³/mol. The molecule has 0 bridgehead atoms. The molecule has 0 saturated heterocycles. The zero-order valence-corrected chi connectivity index (χ0v) is 8.05. The fourth-order valence-corrected chi connectivity index (χ4v) is 1.09. The second-order valence-corrected chi connectivity index (χ2v) is 3.02. The lowest BCUT2D eigenvalue weighted by Crippen LogP contribution is -1.82. The Hall–Kier alpha value is -0.720. The summed E-state index contributed by atoms with van der Waals surface area (Å²) in [6.45, 7) is 5.54. The van der Waals surface area contributed by atoms with Crippen molar-refractivity contribution in [2.45, 2.75) is 45.4 Å². The van der Waals surface area contributed by atoms with E-state index in [4.69, 9.17) is 5.11 Å². The molecule has 0 aromatic heterocycles. The number of hydrogen-bond acceptors (Lipinski definition) is 1. The third-order valence-electron chi connectivity index (χ3n) is 1.92. The van der Waals surface area contributed by atoms with Crippen LogP contribution in [0.4, 0.5) is 0 Å². The van der Waals surface area contributed by atoms with Gasteiger partial charge in [-0.05, 0) is 32.3 Å². The molecule has 0 spiro atoms. The van der Waals surface area contributed by atoms with Gasteiger partial charge < -0.3 is 5.11 Å². The Bertz CT molecular complexity index is 136. The number of unbranched alkanes of at least 4 members (excludes halogenated alkanes) is 4. The van der Waals surface area contributed by atoms with Crippen molar-refractivity contribution >= 4 is 0 Å². The molecule has 0 aliphatic carbocycles. The summed E-state index contributed by atoms with van der Waals surface area (Å²) >= 11 is 0. The topological polar surface area (TPSA) is 20.2 Å². The van der Waals surface area contributed by atoms with Gasteiger partial charge in [0.05, 0.1) is 5.76 Å². The smallest absolute Gasteiger partial charge is 0.0880 e. The van der Waals surface area contributed by atoms with Crippen LogP contribution < -0.4 is 0 Å². The summed E-state index contributed by atoms with van der Waals surface area (Å²) in [6, 6.07) is 0. The fourth-order valence-electron chi connectivity index (χ4n) is 1.09. The summed E-state index contributed by atoms with van der Waals surface area (Å²) in [5.74, 6) is 0.527. The lowest BCUT2D eigenvalue weighted by molar-refractivity contribution is 0.379. The summed E-state index contributed by atoms with van der Waals surface area (Å²) in [4.78, 5) is 0. The second-order valence-electron chi connectivity index (χ2n) is 3.02. The Morgan fingerprint density at radius 3 is 2.50 bits per heavy atom. The molecule has 0 unspecified atom stereocenters. The summed E-state index contributed by atoms with van der Waals surface area (Å²) in [6.07, 6.45) is 10.5. The minimum absolute atomic E-state index is 0.527. The maximum Gasteiger partial charge on any atom is 0.0880 e. The third kappa shape index (κ3) is 7.39. The largest absolute Gasteiger partial charge is 0.513 e. The number of aliphatic hydroxyl groups excluding tert-OH is 1. The molecule has 0 saturated carbocycles. The van der Waals surface area contributed by atoms with Crippen molar-refractivity contribution in [3.05, 3.63) is 24.5 Å². The average molecular weight is 168 g/mol. The van der Waals surface area contributed by atoms with E-state index in [1.54, 1.807) is 6.08 Å². The Balaban J connectivity index is 3.05. The fraction of sp³-hybridized carbons (Fsp3) is 0.636. The molecule has 0 aliphatic rings. The van der Waals surface area contributed by atoms with E-state index in [2.05, 4.69) is 6.58 Å². The summed E-state index contributed by atoms with van der Waals surface area (Å²) in [7, 11) is 0. The molecule has 12 heavy (non-hydrogen) atoms. The van der Waals surface area contributed by atoms with Crippen molar-refractivity contribution < 1.29 is 5.11 Å². The van der Waals surface area contributed by atoms with Crippen LogP contribution in [0.1, 0.15) is 45.4 Å². The number of allylic oxidation sites excluding steroid dienone is 3. The molecule has 0 rings (SSSR count). The molecule has 0 aromatic rings. The number of rotatable bonds is 7. The maximum atomic E-state index is 9.11. The van der Waals surface area contributed by atoms with Gasteiger partial charge in [0.25, 0.3) is 0 Å². The summed E-state index contributed by atoms with van der Waals surface area (Å²) in [5, 5.41) is 9.11. The summed E-state index contributed by atoms with van der Waals surface area (Å²) in [5.41, 5.74) is 0. The Kier molecular flexibility index (Phi) is 7.87. The van der Waals surface area contributed by atoms with Crippen LogP contribution in [0, 0.1) is 0 Å². The monoisotopic (exact) mass is 168 g/mol. The van der Waals surface area contributed by atoms with Gasteiger partial charge in [-0.2, -0.15) is 0 Å². The minimum atomic E-state index is 0.527. The number of aliphatic hydroxyl groups is 1. The number of hydrogen-bond donors (Lipinski definition) is 1. The van der Waals surface area contributed by atoms with Gasteiger partial charge in [-0.1, -0.05) is 18.9 Å². The highest BCUT2D eigenvalue weighted by Crippen LogP contribution is 2.08. The van der Waals surface area contributed by atoms with E-state index in [1.807, 2.05) is 13.0 Å². The minimum Gasteiger partial charge on any atom is -0.513 e. The zero-order chi connectivity index (χ0) is 9.23. The van der Waals surface area contributed by atoms with Crippen LogP contribution in [0.15, 0.2) is 24.5 Å². The Morgan fingerprint density at radius 2 is 1.92 bits per heavy atom. The lowest BCUT2D eigenvalue weighted by atomic mass is 10.1. The van der Waals surface area contributed by atoms with Crippen LogP contribution in [0.3, 0.4) is 0 Å². The van der Waals surface area contributed by atoms with Gasteiger partial charge in [0.15, 0.2) is 0 Å². The van der Waals surface area contributed by atoms with E-state index >= 15 is 0 Å². The van der Waals surface area contributed by atoms with Crippen LogP contribution in [0.2, 0.25) is 0 Å². The Labute approximate surface area is 75.8 Å². The molecule has 0 heterocycles. The van der Waals surface area contributed by atoms with E-state index in [1.165, 1.54) is 19.3 Å². The standard InChI is InChI=1S/C11H20O/c1-3-5-6-7-8-9-10-11(12)4-2/h3-4,12H,1,5-10H2,2H3/b11-4+. The molecule has 0 aliphatic heterocycles. The predicted octanol–water partition coefficient (Wildman–Crippen LogP) is 3.97. The molecule has 0 atom stereocenters. The summed E-state index contributed by atoms with van der Waals surface area (Å²) < 4.78 is 0. The molecule has 1 N–H and O–H groups in total. The zero-order valence-electron chi connectivity index (χ0n) is 8.05. The van der Waals surface area contributed by atoms with Crippen LogP contribution >= 0.6 is 0 Å². The first-order valence-corrected chi connectivity index (χ1v) is 4.76. The molecule has 1 nitrogen and oxygen atoms in total. The van der Waals surface area contributed by atoms with Crippen molar-refractivity contribution in [1.82, 2.24) is 0 Å². The molecule has 0 aromatic carbocycles. The molecule has 0 radical (unpaired) electrons. The van der Waals surface area contributed by atoms with E-state index in [9.17, 15) is 0 Å². The van der Waals surface area contributed by atoms with Gasteiger partial charge in [0.1, 0.15) is 0 Å². The van der Waals surface area contributed by atoms with Gasteiger partial charge in [-0.3, -0.25) is 0 Å². The van der Waals surface area contributed by atoms with Gasteiger partial charge in [0, 0.05) is 6.42 Å². The van der Waals surface area contributed by atoms with Crippen LogP contribution in [-0.4, -0.2) is 5.11 Å². The van der Waals surface area contributed by atoms with Gasteiger partial charge in [0.2, 0.25) is 0 Å². The molecular weight excluding hydrogens is 148 g/mol. The van der Waals surface area contributed by atoms with E-state index in [0.29, 0.717) is 5.76 Å². The maximum absolute atomic E-state index is 9.11. The van der Waals surface area contributed by atoms with Crippen molar-refractivity contribution in [2.24, 2.45) is 0 Å². The normalized spacial score (nSPS) is 11.6. The van der Waals surface area contributed by atoms with E-state index in [0.717, 1.165) is 19.3 Å². The van der Waals surface area contributed by atoms with Crippen molar-refractivity contribution in [3.8, 4) is 0 Å². The van der Waals surface area contributed by atoms with Crippen LogP contribution in [0.25, 0.3) is 0 Å². The van der Waals surface area contributed by atoms with Crippen molar-refractivity contribution in [1.29, 1.82) is 0 Å². The lowest BCUT2D eigenvalue weighted by Gasteiger charge is -1.99. The highest BCUT2D eigenvalue weighted by atomic mass is 16.3. The first-order chi connectivity index (χ1) is 5.81. The highest BCUT2D eigenvalue weighted by Gasteiger charge is 1.92. The molecule has 70 valence electrons. The van der Waals surface area contributed by atoms with Gasteiger partial charge in [-0.15, -0.1) is 6.58 Å². The first kappa shape index (κ1) is 11.3. The van der Waals surface area contributed by atoms with Gasteiger partial charge >= 0.3 is 0 Å². The van der Waals surface area contributed by atoms with Crippen LogP contribution in [0.5, 0.6) is 0 Å². The quantitative estimate of drug-likeness (QED) is 0.346. The SMILES string of the molecule is C=CCCCCCC/C(O)=C\C. The van der Waals surface area contributed by atoms with Crippen molar-refractivity contribution in [2.75, 3.05) is 0 Å². The van der Waals surface area contributed by atoms with E-state index in [-0.39, 0.29) is 0 Å². The van der Waals surface area contributed by atoms with Crippen molar-refractivity contribution in [3.63, 3.8) is 0 Å².